The fraction of sp³-hybridized carbons (Fsp3) is 0.250. The van der Waals surface area contributed by atoms with Crippen LogP contribution in [0.15, 0.2) is 35.2 Å². The molecule has 0 atom stereocenters. The molecule has 0 aliphatic carbocycles. The summed E-state index contributed by atoms with van der Waals surface area (Å²) in [5, 5.41) is 0. The van der Waals surface area contributed by atoms with Gasteiger partial charge in [0.05, 0.1) is 6.20 Å². The van der Waals surface area contributed by atoms with Crippen molar-refractivity contribution in [3.8, 4) is 0 Å². The number of hydrogen-bond acceptors (Lipinski definition) is 1. The molecule has 0 aromatic heterocycles. The number of aliphatic imine (C=N–C) groups is 1. The maximum Gasteiger partial charge on any atom is 0.0676 e. The Labute approximate surface area is 56.1 Å². The molecule has 0 rings (SSSR count). The highest BCUT2D eigenvalue weighted by atomic mass is 14.6. The summed E-state index contributed by atoms with van der Waals surface area (Å²) in [6, 6.07) is 0. The van der Waals surface area contributed by atoms with E-state index < -0.39 is 0 Å². The van der Waals surface area contributed by atoms with Crippen molar-refractivity contribution >= 4 is 6.72 Å². The molecule has 9 heavy (non-hydrogen) atoms. The number of allylic oxidation sites excluding steroid dienone is 3. The first kappa shape index (κ1) is 7.93. The molecule has 0 aromatic carbocycles. The lowest BCUT2D eigenvalue weighted by atomic mass is 10.4. The van der Waals surface area contributed by atoms with Crippen molar-refractivity contribution < 1.29 is 0 Å². The molecule has 0 aliphatic rings. The molecule has 1 nitrogen and oxygen atoms in total. The van der Waals surface area contributed by atoms with Gasteiger partial charge in [-0.15, -0.1) is 5.73 Å². The molecule has 0 saturated heterocycles. The molecular formula is C8H11N. The standard InChI is InChI=1S/C8H11N/c1-3-4-5-6-7-8-9-2/h3-4,6,8H,2,5H2,1H3. The first-order chi connectivity index (χ1) is 4.41. The Hall–Kier alpha value is -1.07. The van der Waals surface area contributed by atoms with Gasteiger partial charge in [0.15, 0.2) is 0 Å². The van der Waals surface area contributed by atoms with Crippen molar-refractivity contribution in [2.45, 2.75) is 13.3 Å². The molecule has 0 saturated carbocycles. The maximum atomic E-state index is 3.49. The van der Waals surface area contributed by atoms with Gasteiger partial charge in [-0.2, -0.15) is 0 Å². The second-order valence-electron chi connectivity index (χ2n) is 1.49. The molecular weight excluding hydrogens is 110 g/mol. The summed E-state index contributed by atoms with van der Waals surface area (Å²) >= 11 is 0. The summed E-state index contributed by atoms with van der Waals surface area (Å²) in [5.41, 5.74) is 2.84. The highest BCUT2D eigenvalue weighted by Crippen LogP contribution is 1.82. The van der Waals surface area contributed by atoms with Crippen LogP contribution in [0.2, 0.25) is 0 Å². The third kappa shape index (κ3) is 6.93. The predicted octanol–water partition coefficient (Wildman–Crippen LogP) is 2.32. The van der Waals surface area contributed by atoms with Gasteiger partial charge in [-0.3, -0.25) is 4.99 Å². The number of nitrogens with zero attached hydrogens (tertiary/aromatic N) is 1. The molecule has 0 bridgehead atoms. The van der Waals surface area contributed by atoms with E-state index in [4.69, 9.17) is 0 Å². The van der Waals surface area contributed by atoms with Gasteiger partial charge in [-0.1, -0.05) is 12.2 Å². The minimum atomic E-state index is 0.919. The maximum absolute atomic E-state index is 3.49. The lowest BCUT2D eigenvalue weighted by Gasteiger charge is -1.71. The molecule has 0 N–H and O–H groups in total. The van der Waals surface area contributed by atoms with Crippen LogP contribution in [0.3, 0.4) is 0 Å². The Morgan fingerprint density at radius 1 is 1.67 bits per heavy atom. The van der Waals surface area contributed by atoms with E-state index in [9.17, 15) is 0 Å². The summed E-state index contributed by atoms with van der Waals surface area (Å²) in [5.74, 6) is 0. The van der Waals surface area contributed by atoms with E-state index >= 15 is 0 Å². The van der Waals surface area contributed by atoms with Crippen LogP contribution in [0.4, 0.5) is 0 Å². The molecule has 48 valence electrons. The smallest absolute Gasteiger partial charge is 0.0676 e. The van der Waals surface area contributed by atoms with Crippen molar-refractivity contribution in [3.63, 3.8) is 0 Å². The lowest BCUT2D eigenvalue weighted by molar-refractivity contribution is 1.38. The van der Waals surface area contributed by atoms with Crippen molar-refractivity contribution in [2.24, 2.45) is 4.99 Å². The minimum absolute atomic E-state index is 0.919. The van der Waals surface area contributed by atoms with E-state index in [0.717, 1.165) is 6.42 Å². The minimum Gasteiger partial charge on any atom is -0.264 e. The Morgan fingerprint density at radius 2 is 2.44 bits per heavy atom. The highest BCUT2D eigenvalue weighted by molar-refractivity contribution is 5.25. The molecule has 0 fully saturated rings. The summed E-state index contributed by atoms with van der Waals surface area (Å²) in [7, 11) is 0. The van der Waals surface area contributed by atoms with Crippen LogP contribution >= 0.6 is 0 Å². The third-order valence-corrected chi connectivity index (χ3v) is 0.773. The summed E-state index contributed by atoms with van der Waals surface area (Å²) < 4.78 is 0. The summed E-state index contributed by atoms with van der Waals surface area (Å²) in [4.78, 5) is 3.49. The fourth-order valence-corrected chi connectivity index (χ4v) is 0.378. The van der Waals surface area contributed by atoms with Crippen molar-refractivity contribution in [3.05, 3.63) is 30.2 Å². The SMILES string of the molecule is C=NC=C=CCC=CC. The summed E-state index contributed by atoms with van der Waals surface area (Å²) in [6.07, 6.45) is 8.41. The highest BCUT2D eigenvalue weighted by Gasteiger charge is 1.62. The van der Waals surface area contributed by atoms with Gasteiger partial charge < -0.3 is 0 Å². The first-order valence-electron chi connectivity index (χ1n) is 2.88. The quantitative estimate of drug-likeness (QED) is 0.308. The Morgan fingerprint density at radius 3 is 3.00 bits per heavy atom. The molecule has 0 amide bonds. The largest absolute Gasteiger partial charge is 0.264 e. The van der Waals surface area contributed by atoms with Crippen LogP contribution in [0.1, 0.15) is 13.3 Å². The zero-order chi connectivity index (χ0) is 6.95. The van der Waals surface area contributed by atoms with Crippen molar-refractivity contribution in [1.29, 1.82) is 0 Å². The van der Waals surface area contributed by atoms with Crippen molar-refractivity contribution in [1.82, 2.24) is 0 Å². The molecule has 0 spiro atoms. The summed E-state index contributed by atoms with van der Waals surface area (Å²) in [6.45, 7) is 5.26. The third-order valence-electron chi connectivity index (χ3n) is 0.773. The second-order valence-corrected chi connectivity index (χ2v) is 1.49. The number of rotatable bonds is 3. The monoisotopic (exact) mass is 121 g/mol. The molecule has 0 radical (unpaired) electrons. The van der Waals surface area contributed by atoms with E-state index in [1.54, 1.807) is 6.20 Å². The van der Waals surface area contributed by atoms with E-state index in [2.05, 4.69) is 17.4 Å². The van der Waals surface area contributed by atoms with Crippen LogP contribution in [0.5, 0.6) is 0 Å². The Balaban J connectivity index is 3.46. The molecule has 0 unspecified atom stereocenters. The average Bonchev–Trinajstić information content (AvgIpc) is 1.89. The lowest BCUT2D eigenvalue weighted by Crippen LogP contribution is -1.51. The zero-order valence-corrected chi connectivity index (χ0v) is 5.67. The van der Waals surface area contributed by atoms with Crippen LogP contribution in [-0.2, 0) is 0 Å². The van der Waals surface area contributed by atoms with Crippen LogP contribution < -0.4 is 0 Å². The molecule has 1 heteroatoms. The second kappa shape index (κ2) is 6.93. The van der Waals surface area contributed by atoms with Gasteiger partial charge in [0, 0.05) is 0 Å². The van der Waals surface area contributed by atoms with E-state index in [0.29, 0.717) is 0 Å². The van der Waals surface area contributed by atoms with Crippen molar-refractivity contribution in [2.75, 3.05) is 0 Å². The molecule has 0 aromatic rings. The van der Waals surface area contributed by atoms with Gasteiger partial charge in [0.25, 0.3) is 0 Å². The normalized spacial score (nSPS) is 8.56. The molecule has 0 aliphatic heterocycles. The predicted molar refractivity (Wildman–Crippen MR) is 41.6 cm³/mol. The van der Waals surface area contributed by atoms with E-state index in [1.807, 2.05) is 25.2 Å². The Kier molecular flexibility index (Phi) is 6.11. The van der Waals surface area contributed by atoms with Gasteiger partial charge in [-0.25, -0.2) is 0 Å². The van der Waals surface area contributed by atoms with Crippen LogP contribution in [-0.4, -0.2) is 6.72 Å². The fourth-order valence-electron chi connectivity index (χ4n) is 0.378. The topological polar surface area (TPSA) is 12.4 Å². The average molecular weight is 121 g/mol. The van der Waals surface area contributed by atoms with E-state index in [-0.39, 0.29) is 0 Å². The van der Waals surface area contributed by atoms with Crippen LogP contribution in [0, 0.1) is 0 Å². The van der Waals surface area contributed by atoms with Gasteiger partial charge in [0.1, 0.15) is 0 Å². The van der Waals surface area contributed by atoms with Crippen LogP contribution in [0.25, 0.3) is 0 Å². The van der Waals surface area contributed by atoms with Gasteiger partial charge in [-0.05, 0) is 26.1 Å². The first-order valence-corrected chi connectivity index (χ1v) is 2.88. The number of hydrogen-bond donors (Lipinski definition) is 0. The van der Waals surface area contributed by atoms with E-state index in [1.165, 1.54) is 0 Å². The van der Waals surface area contributed by atoms with Gasteiger partial charge in [0.2, 0.25) is 0 Å². The Bertz CT molecular complexity index is 148. The zero-order valence-electron chi connectivity index (χ0n) is 5.67. The van der Waals surface area contributed by atoms with Gasteiger partial charge >= 0.3 is 0 Å². The molecule has 0 heterocycles.